The van der Waals surface area contributed by atoms with Crippen LogP contribution >= 0.6 is 23.2 Å². The first-order valence-corrected chi connectivity index (χ1v) is 13.4. The van der Waals surface area contributed by atoms with Gasteiger partial charge in [0, 0.05) is 18.5 Å². The fourth-order valence-electron chi connectivity index (χ4n) is 4.21. The molecular formula is C31H36Cl2N2O3. The number of aryl methyl sites for hydroxylation is 2. The molecule has 1 N–H and O–H groups in total. The number of hydrogen-bond donors (Lipinski definition) is 1. The van der Waals surface area contributed by atoms with Gasteiger partial charge in [0.05, 0.1) is 10.0 Å². The molecule has 2 amide bonds. The summed E-state index contributed by atoms with van der Waals surface area (Å²) in [4.78, 5) is 29.0. The number of nitrogens with one attached hydrogen (secondary N) is 1. The lowest BCUT2D eigenvalue weighted by Gasteiger charge is -2.34. The van der Waals surface area contributed by atoms with Crippen LogP contribution in [0, 0.1) is 20.8 Å². The van der Waals surface area contributed by atoms with Crippen LogP contribution in [0.2, 0.25) is 10.0 Å². The summed E-state index contributed by atoms with van der Waals surface area (Å²) >= 11 is 12.4. The first-order valence-electron chi connectivity index (χ1n) is 12.6. The van der Waals surface area contributed by atoms with Gasteiger partial charge in [0.1, 0.15) is 11.8 Å². The second-order valence-corrected chi connectivity index (χ2v) is 11.5. The second-order valence-electron chi connectivity index (χ2n) is 10.7. The van der Waals surface area contributed by atoms with Crippen molar-refractivity contribution in [2.24, 2.45) is 0 Å². The quantitative estimate of drug-likeness (QED) is 0.314. The molecule has 0 aliphatic rings. The van der Waals surface area contributed by atoms with Gasteiger partial charge in [-0.2, -0.15) is 0 Å². The average Bonchev–Trinajstić information content (AvgIpc) is 2.84. The highest BCUT2D eigenvalue weighted by atomic mass is 35.5. The van der Waals surface area contributed by atoms with Crippen LogP contribution in [0.1, 0.15) is 48.6 Å². The van der Waals surface area contributed by atoms with Crippen LogP contribution < -0.4 is 10.1 Å². The van der Waals surface area contributed by atoms with Crippen molar-refractivity contribution >= 4 is 35.0 Å². The van der Waals surface area contributed by atoms with Gasteiger partial charge < -0.3 is 15.0 Å². The fourth-order valence-corrected chi connectivity index (χ4v) is 4.54. The number of amides is 2. The van der Waals surface area contributed by atoms with E-state index in [9.17, 15) is 9.59 Å². The zero-order valence-electron chi connectivity index (χ0n) is 22.9. The standard InChI is InChI=1S/C31H36Cl2N2O3/c1-20-14-21(2)22(3)28(15-20)38-19-29(36)35(18-24-12-13-25(32)26(33)16-24)27(30(37)34-31(4,5)6)17-23-10-8-7-9-11-23/h7-16,27H,17-19H2,1-6H3,(H,34,37)/t27-/m0/s1. The highest BCUT2D eigenvalue weighted by molar-refractivity contribution is 6.42. The molecule has 0 aliphatic heterocycles. The van der Waals surface area contributed by atoms with Gasteiger partial charge >= 0.3 is 0 Å². The first-order chi connectivity index (χ1) is 17.8. The molecule has 1 atom stereocenters. The lowest BCUT2D eigenvalue weighted by atomic mass is 10.0. The molecule has 3 aromatic carbocycles. The normalized spacial score (nSPS) is 12.1. The molecule has 0 heterocycles. The van der Waals surface area contributed by atoms with Crippen molar-refractivity contribution < 1.29 is 14.3 Å². The smallest absolute Gasteiger partial charge is 0.261 e. The van der Waals surface area contributed by atoms with Gasteiger partial charge in [-0.05, 0) is 87.6 Å². The van der Waals surface area contributed by atoms with Crippen molar-refractivity contribution in [1.29, 1.82) is 0 Å². The van der Waals surface area contributed by atoms with Gasteiger partial charge in [0.15, 0.2) is 6.61 Å². The third-order valence-corrected chi connectivity index (χ3v) is 6.96. The van der Waals surface area contributed by atoms with Gasteiger partial charge in [-0.3, -0.25) is 9.59 Å². The van der Waals surface area contributed by atoms with Crippen molar-refractivity contribution in [1.82, 2.24) is 10.2 Å². The van der Waals surface area contributed by atoms with Crippen LogP contribution in [0.3, 0.4) is 0 Å². The van der Waals surface area contributed by atoms with E-state index in [0.717, 1.165) is 27.8 Å². The van der Waals surface area contributed by atoms with E-state index in [4.69, 9.17) is 27.9 Å². The Kier molecular flexibility index (Phi) is 9.86. The van der Waals surface area contributed by atoms with Crippen LogP contribution in [0.5, 0.6) is 5.75 Å². The lowest BCUT2D eigenvalue weighted by molar-refractivity contribution is -0.143. The van der Waals surface area contributed by atoms with Crippen molar-refractivity contribution in [2.75, 3.05) is 6.61 Å². The highest BCUT2D eigenvalue weighted by Gasteiger charge is 2.32. The number of nitrogens with zero attached hydrogens (tertiary/aromatic N) is 1. The molecule has 0 saturated heterocycles. The number of hydrogen-bond acceptors (Lipinski definition) is 3. The minimum absolute atomic E-state index is 0.167. The highest BCUT2D eigenvalue weighted by Crippen LogP contribution is 2.26. The maximum atomic E-state index is 13.8. The Labute approximate surface area is 236 Å². The second kappa shape index (κ2) is 12.7. The summed E-state index contributed by atoms with van der Waals surface area (Å²) in [5.41, 5.74) is 4.35. The molecule has 0 fully saturated rings. The molecule has 0 bridgehead atoms. The summed E-state index contributed by atoms with van der Waals surface area (Å²) in [6, 6.07) is 18.1. The predicted octanol–water partition coefficient (Wildman–Crippen LogP) is 6.85. The number of benzene rings is 3. The van der Waals surface area contributed by atoms with Crippen molar-refractivity contribution in [3.63, 3.8) is 0 Å². The van der Waals surface area contributed by atoms with Crippen LogP contribution in [0.25, 0.3) is 0 Å². The Morgan fingerprint density at radius 3 is 2.24 bits per heavy atom. The van der Waals surface area contributed by atoms with E-state index >= 15 is 0 Å². The number of halogens is 2. The Balaban J connectivity index is 1.98. The molecule has 7 heteroatoms. The fraction of sp³-hybridized carbons (Fsp3) is 0.355. The minimum atomic E-state index is -0.775. The van der Waals surface area contributed by atoms with Crippen LogP contribution in [0.15, 0.2) is 60.7 Å². The zero-order chi connectivity index (χ0) is 28.0. The molecule has 3 aromatic rings. The molecule has 0 radical (unpaired) electrons. The Morgan fingerprint density at radius 2 is 1.61 bits per heavy atom. The summed E-state index contributed by atoms with van der Waals surface area (Å²) in [7, 11) is 0. The molecule has 3 rings (SSSR count). The molecular weight excluding hydrogens is 519 g/mol. The van der Waals surface area contributed by atoms with Crippen LogP contribution in [-0.4, -0.2) is 34.9 Å². The van der Waals surface area contributed by atoms with Crippen molar-refractivity contribution in [3.05, 3.63) is 98.5 Å². The zero-order valence-corrected chi connectivity index (χ0v) is 24.4. The molecule has 202 valence electrons. The Morgan fingerprint density at radius 1 is 0.921 bits per heavy atom. The number of carbonyl (C=O) groups is 2. The molecule has 0 spiro atoms. The third-order valence-electron chi connectivity index (χ3n) is 6.22. The number of ether oxygens (including phenoxy) is 1. The summed E-state index contributed by atoms with van der Waals surface area (Å²) in [6.07, 6.45) is 0.346. The van der Waals surface area contributed by atoms with Gasteiger partial charge in [0.25, 0.3) is 5.91 Å². The third kappa shape index (κ3) is 8.24. The molecule has 38 heavy (non-hydrogen) atoms. The van der Waals surface area contributed by atoms with Crippen LogP contribution in [-0.2, 0) is 22.6 Å². The topological polar surface area (TPSA) is 58.6 Å². The number of rotatable bonds is 9. The minimum Gasteiger partial charge on any atom is -0.483 e. The first kappa shape index (κ1) is 29.5. The van der Waals surface area contributed by atoms with E-state index in [-0.39, 0.29) is 25.0 Å². The van der Waals surface area contributed by atoms with Crippen molar-refractivity contribution in [2.45, 2.75) is 66.1 Å². The van der Waals surface area contributed by atoms with E-state index in [1.807, 2.05) is 84.0 Å². The molecule has 0 saturated carbocycles. The van der Waals surface area contributed by atoms with E-state index in [1.165, 1.54) is 0 Å². The summed E-state index contributed by atoms with van der Waals surface area (Å²) in [5, 5.41) is 3.87. The van der Waals surface area contributed by atoms with Crippen molar-refractivity contribution in [3.8, 4) is 5.75 Å². The lowest BCUT2D eigenvalue weighted by Crippen LogP contribution is -2.55. The van der Waals surface area contributed by atoms with Gasteiger partial charge in [-0.1, -0.05) is 65.7 Å². The van der Waals surface area contributed by atoms with E-state index in [1.54, 1.807) is 17.0 Å². The summed E-state index contributed by atoms with van der Waals surface area (Å²) < 4.78 is 6.03. The maximum absolute atomic E-state index is 13.8. The molecule has 0 aliphatic carbocycles. The predicted molar refractivity (Wildman–Crippen MR) is 155 cm³/mol. The Bertz CT molecular complexity index is 1290. The van der Waals surface area contributed by atoms with Gasteiger partial charge in [-0.25, -0.2) is 0 Å². The summed E-state index contributed by atoms with van der Waals surface area (Å²) in [6.45, 7) is 11.7. The van der Waals surface area contributed by atoms with E-state index in [2.05, 4.69) is 11.4 Å². The monoisotopic (exact) mass is 554 g/mol. The largest absolute Gasteiger partial charge is 0.483 e. The SMILES string of the molecule is Cc1cc(C)c(C)c(OCC(=O)N(Cc2ccc(Cl)c(Cl)c2)[C@@H](Cc2ccccc2)C(=O)NC(C)(C)C)c1. The van der Waals surface area contributed by atoms with Gasteiger partial charge in [0.2, 0.25) is 5.91 Å². The maximum Gasteiger partial charge on any atom is 0.261 e. The van der Waals surface area contributed by atoms with E-state index < -0.39 is 11.6 Å². The Hall–Kier alpha value is -3.02. The summed E-state index contributed by atoms with van der Waals surface area (Å²) in [5.74, 6) is 0.112. The van der Waals surface area contributed by atoms with E-state index in [0.29, 0.717) is 22.2 Å². The van der Waals surface area contributed by atoms with Gasteiger partial charge in [-0.15, -0.1) is 0 Å². The van der Waals surface area contributed by atoms with Crippen LogP contribution in [0.4, 0.5) is 0 Å². The molecule has 0 aromatic heterocycles. The number of carbonyl (C=O) groups excluding carboxylic acids is 2. The average molecular weight is 556 g/mol. The molecule has 5 nitrogen and oxygen atoms in total. The molecule has 0 unspecified atom stereocenters.